The maximum atomic E-state index is 12.4. The van der Waals surface area contributed by atoms with E-state index >= 15 is 0 Å². The van der Waals surface area contributed by atoms with E-state index < -0.39 is 47.8 Å². The van der Waals surface area contributed by atoms with E-state index in [4.69, 9.17) is 10.5 Å². The van der Waals surface area contributed by atoms with Gasteiger partial charge in [0.1, 0.15) is 18.3 Å². The van der Waals surface area contributed by atoms with Crippen LogP contribution in [0.25, 0.3) is 11.2 Å². The number of amides is 1. The molecular formula is C13H17N5O7. The van der Waals surface area contributed by atoms with Gasteiger partial charge in [-0.2, -0.15) is 0 Å². The Labute approximate surface area is 139 Å². The molecule has 1 amide bonds. The Balaban J connectivity index is 2.13. The van der Waals surface area contributed by atoms with Crippen molar-refractivity contribution in [1.82, 2.24) is 18.7 Å². The minimum atomic E-state index is -1.85. The Morgan fingerprint density at radius 1 is 1.28 bits per heavy atom. The van der Waals surface area contributed by atoms with E-state index in [0.717, 1.165) is 20.0 Å². The highest BCUT2D eigenvalue weighted by molar-refractivity contribution is 5.79. The summed E-state index contributed by atoms with van der Waals surface area (Å²) in [4.78, 5) is 39.4. The number of aromatic nitrogens is 4. The number of carbonyl (C=O) groups excluding carboxylic acids is 1. The van der Waals surface area contributed by atoms with Crippen LogP contribution in [0.3, 0.4) is 0 Å². The molecule has 25 heavy (non-hydrogen) atoms. The van der Waals surface area contributed by atoms with Crippen molar-refractivity contribution in [2.24, 2.45) is 19.8 Å². The molecule has 0 radical (unpaired) electrons. The van der Waals surface area contributed by atoms with Crippen molar-refractivity contribution in [2.75, 3.05) is 0 Å². The third kappa shape index (κ3) is 2.38. The number of nitrogens with zero attached hydrogens (tertiary/aromatic N) is 4. The summed E-state index contributed by atoms with van der Waals surface area (Å²) in [6.07, 6.45) is -6.68. The van der Waals surface area contributed by atoms with Crippen molar-refractivity contribution < 1.29 is 24.9 Å². The van der Waals surface area contributed by atoms with Crippen LogP contribution in [-0.2, 0) is 23.6 Å². The lowest BCUT2D eigenvalue weighted by Gasteiger charge is -2.18. The highest BCUT2D eigenvalue weighted by Gasteiger charge is 2.48. The van der Waals surface area contributed by atoms with Crippen LogP contribution in [0.4, 0.5) is 0 Å². The quantitative estimate of drug-likeness (QED) is 0.429. The molecule has 0 aromatic carbocycles. The van der Waals surface area contributed by atoms with E-state index in [-0.39, 0.29) is 11.2 Å². The average Bonchev–Trinajstić information content (AvgIpc) is 3.13. The molecule has 1 saturated heterocycles. The van der Waals surface area contributed by atoms with Crippen LogP contribution in [0.1, 0.15) is 6.23 Å². The topological polar surface area (TPSA) is 175 Å². The number of aryl methyl sites for hydroxylation is 1. The second-order valence-electron chi connectivity index (χ2n) is 5.85. The fourth-order valence-electron chi connectivity index (χ4n) is 2.90. The fourth-order valence-corrected chi connectivity index (χ4v) is 2.90. The van der Waals surface area contributed by atoms with Crippen LogP contribution < -0.4 is 17.0 Å². The monoisotopic (exact) mass is 355 g/mol. The van der Waals surface area contributed by atoms with Gasteiger partial charge in [0.2, 0.25) is 5.91 Å². The Kier molecular flexibility index (Phi) is 3.99. The first kappa shape index (κ1) is 17.3. The van der Waals surface area contributed by atoms with Gasteiger partial charge < -0.3 is 25.8 Å². The molecule has 3 heterocycles. The first-order chi connectivity index (χ1) is 11.7. The molecule has 1 fully saturated rings. The second kappa shape index (κ2) is 5.77. The van der Waals surface area contributed by atoms with E-state index in [9.17, 15) is 29.7 Å². The molecule has 5 atom stereocenters. The van der Waals surface area contributed by atoms with E-state index in [2.05, 4.69) is 4.98 Å². The highest BCUT2D eigenvalue weighted by Crippen LogP contribution is 2.32. The second-order valence-corrected chi connectivity index (χ2v) is 5.85. The minimum Gasteiger partial charge on any atom is -0.387 e. The summed E-state index contributed by atoms with van der Waals surface area (Å²) < 4.78 is 8.50. The normalized spacial score (nSPS) is 27.7. The zero-order valence-corrected chi connectivity index (χ0v) is 13.3. The predicted octanol–water partition coefficient (Wildman–Crippen LogP) is -4.10. The molecule has 1 aliphatic rings. The number of carbonyl (C=O) groups is 1. The molecule has 12 nitrogen and oxygen atoms in total. The van der Waals surface area contributed by atoms with Crippen molar-refractivity contribution >= 4 is 17.1 Å². The van der Waals surface area contributed by atoms with Crippen LogP contribution in [0.15, 0.2) is 15.9 Å². The van der Waals surface area contributed by atoms with Gasteiger partial charge in [-0.15, -0.1) is 0 Å². The minimum absolute atomic E-state index is 0.0462. The zero-order chi connectivity index (χ0) is 18.6. The lowest BCUT2D eigenvalue weighted by atomic mass is 10.1. The SMILES string of the molecule is Cn1c(=O)c2c(ncn2C2OC(C(O)C(N)=O)C(O)C2O)n(C)c1=O. The van der Waals surface area contributed by atoms with Gasteiger partial charge in [-0.05, 0) is 0 Å². The predicted molar refractivity (Wildman–Crippen MR) is 81.3 cm³/mol. The zero-order valence-electron chi connectivity index (χ0n) is 13.3. The number of hydrogen-bond donors (Lipinski definition) is 4. The number of hydrogen-bond acceptors (Lipinski definition) is 8. The molecule has 3 rings (SSSR count). The van der Waals surface area contributed by atoms with Crippen LogP contribution >= 0.6 is 0 Å². The molecule has 136 valence electrons. The molecule has 1 aliphatic heterocycles. The van der Waals surface area contributed by atoms with Crippen LogP contribution in [-0.4, -0.2) is 64.3 Å². The maximum Gasteiger partial charge on any atom is 0.332 e. The molecule has 12 heteroatoms. The molecule has 5 unspecified atom stereocenters. The average molecular weight is 355 g/mol. The van der Waals surface area contributed by atoms with E-state index in [0.29, 0.717) is 0 Å². The van der Waals surface area contributed by atoms with Crippen molar-refractivity contribution in [2.45, 2.75) is 30.6 Å². The van der Waals surface area contributed by atoms with E-state index in [1.807, 2.05) is 0 Å². The van der Waals surface area contributed by atoms with E-state index in [1.54, 1.807) is 0 Å². The summed E-state index contributed by atoms with van der Waals surface area (Å²) in [5, 5.41) is 30.0. The summed E-state index contributed by atoms with van der Waals surface area (Å²) in [6, 6.07) is 0. The number of imidazole rings is 1. The highest BCUT2D eigenvalue weighted by atomic mass is 16.6. The fraction of sp³-hybridized carbons (Fsp3) is 0.538. The van der Waals surface area contributed by atoms with Crippen LogP contribution in [0.5, 0.6) is 0 Å². The molecule has 0 aliphatic carbocycles. The Morgan fingerprint density at radius 3 is 2.52 bits per heavy atom. The molecule has 0 saturated carbocycles. The number of primary amides is 1. The van der Waals surface area contributed by atoms with Gasteiger partial charge in [0.15, 0.2) is 23.5 Å². The summed E-state index contributed by atoms with van der Waals surface area (Å²) in [5.74, 6) is -1.13. The first-order valence-corrected chi connectivity index (χ1v) is 7.28. The molecule has 2 aromatic heterocycles. The lowest BCUT2D eigenvalue weighted by Crippen LogP contribution is -2.45. The van der Waals surface area contributed by atoms with E-state index in [1.165, 1.54) is 14.1 Å². The maximum absolute atomic E-state index is 12.4. The van der Waals surface area contributed by atoms with Gasteiger partial charge in [-0.25, -0.2) is 9.78 Å². The summed E-state index contributed by atoms with van der Waals surface area (Å²) in [6.45, 7) is 0. The number of aliphatic hydroxyl groups excluding tert-OH is 3. The summed E-state index contributed by atoms with van der Waals surface area (Å²) >= 11 is 0. The molecule has 0 bridgehead atoms. The van der Waals surface area contributed by atoms with Crippen molar-refractivity contribution in [3.63, 3.8) is 0 Å². The molecule has 5 N–H and O–H groups in total. The molecule has 2 aromatic rings. The first-order valence-electron chi connectivity index (χ1n) is 7.28. The van der Waals surface area contributed by atoms with Gasteiger partial charge in [0.25, 0.3) is 5.56 Å². The number of rotatable bonds is 3. The van der Waals surface area contributed by atoms with Crippen molar-refractivity contribution in [3.8, 4) is 0 Å². The Morgan fingerprint density at radius 2 is 1.92 bits per heavy atom. The number of fused-ring (bicyclic) bond motifs is 1. The van der Waals surface area contributed by atoms with Crippen molar-refractivity contribution in [3.05, 3.63) is 27.2 Å². The third-order valence-corrected chi connectivity index (χ3v) is 4.33. The van der Waals surface area contributed by atoms with Gasteiger partial charge in [-0.1, -0.05) is 0 Å². The smallest absolute Gasteiger partial charge is 0.332 e. The van der Waals surface area contributed by atoms with Gasteiger partial charge >= 0.3 is 5.69 Å². The Hall–Kier alpha value is -2.54. The van der Waals surface area contributed by atoms with Gasteiger partial charge in [-0.3, -0.25) is 23.3 Å². The molecule has 0 spiro atoms. The lowest BCUT2D eigenvalue weighted by molar-refractivity contribution is -0.140. The summed E-state index contributed by atoms with van der Waals surface area (Å²) in [7, 11) is 2.70. The van der Waals surface area contributed by atoms with Gasteiger partial charge in [0, 0.05) is 14.1 Å². The number of ether oxygens (including phenoxy) is 1. The Bertz CT molecular complexity index is 960. The van der Waals surface area contributed by atoms with Crippen LogP contribution in [0, 0.1) is 0 Å². The van der Waals surface area contributed by atoms with Gasteiger partial charge in [0.05, 0.1) is 6.33 Å². The van der Waals surface area contributed by atoms with Crippen LogP contribution in [0.2, 0.25) is 0 Å². The number of aliphatic hydroxyl groups is 3. The molecular weight excluding hydrogens is 338 g/mol. The van der Waals surface area contributed by atoms with Crippen molar-refractivity contribution in [1.29, 1.82) is 0 Å². The summed E-state index contributed by atoms with van der Waals surface area (Å²) in [5.41, 5.74) is 3.73. The third-order valence-electron chi connectivity index (χ3n) is 4.33. The number of nitrogens with two attached hydrogens (primary N) is 1. The standard InChI is InChI=1S/C13H17N5O7/c1-16-10-4(11(23)17(2)13(16)24)18(3-15-10)12-6(20)5(19)8(25-12)7(21)9(14)22/h3,5-8,12,19-21H,1-2H3,(H2,14,22). The largest absolute Gasteiger partial charge is 0.387 e.